The molecule has 0 saturated heterocycles. The third-order valence-electron chi connectivity index (χ3n) is 2.10. The second-order valence-corrected chi connectivity index (χ2v) is 3.13. The lowest BCUT2D eigenvalue weighted by Crippen LogP contribution is -2.02. The van der Waals surface area contributed by atoms with Gasteiger partial charge in [-0.25, -0.2) is 4.98 Å². The number of nitrogens with two attached hydrogens (primary N) is 1. The second-order valence-electron chi connectivity index (χ2n) is 3.13. The van der Waals surface area contributed by atoms with Crippen molar-refractivity contribution in [3.05, 3.63) is 41.9 Å². The highest BCUT2D eigenvalue weighted by molar-refractivity contribution is 5.53. The van der Waals surface area contributed by atoms with Gasteiger partial charge in [-0.1, -0.05) is 0 Å². The third-order valence-corrected chi connectivity index (χ3v) is 2.10. The van der Waals surface area contributed by atoms with Gasteiger partial charge < -0.3 is 5.73 Å². The van der Waals surface area contributed by atoms with E-state index in [1.54, 1.807) is 22.9 Å². The van der Waals surface area contributed by atoms with E-state index >= 15 is 0 Å². The minimum absolute atomic E-state index is 0.340. The fourth-order valence-electron chi connectivity index (χ4n) is 1.40. The highest BCUT2D eigenvalue weighted by atomic mass is 15.1. The lowest BCUT2D eigenvalue weighted by atomic mass is 10.2. The van der Waals surface area contributed by atoms with Gasteiger partial charge in [0, 0.05) is 6.20 Å². The summed E-state index contributed by atoms with van der Waals surface area (Å²) in [7, 11) is 0. The van der Waals surface area contributed by atoms with E-state index < -0.39 is 0 Å². The molecule has 5 nitrogen and oxygen atoms in total. The molecule has 0 radical (unpaired) electrons. The van der Waals surface area contributed by atoms with Crippen molar-refractivity contribution in [2.45, 2.75) is 0 Å². The number of hydrogen-bond acceptors (Lipinski definition) is 4. The van der Waals surface area contributed by atoms with E-state index in [0.29, 0.717) is 22.8 Å². The van der Waals surface area contributed by atoms with Gasteiger partial charge in [-0.15, -0.1) is 0 Å². The van der Waals surface area contributed by atoms with E-state index in [1.165, 1.54) is 12.3 Å². The van der Waals surface area contributed by atoms with Gasteiger partial charge in [0.1, 0.15) is 17.8 Å². The molecule has 0 aliphatic carbocycles. The maximum absolute atomic E-state index is 8.96. The number of rotatable bonds is 1. The lowest BCUT2D eigenvalue weighted by molar-refractivity contribution is 0.982. The monoisotopic (exact) mass is 209 g/mol. The van der Waals surface area contributed by atoms with Crippen molar-refractivity contribution in [3.8, 4) is 18.0 Å². The van der Waals surface area contributed by atoms with Crippen LogP contribution >= 0.6 is 0 Å². The molecule has 5 heteroatoms. The average molecular weight is 209 g/mol. The van der Waals surface area contributed by atoms with Crippen molar-refractivity contribution in [3.63, 3.8) is 0 Å². The summed E-state index contributed by atoms with van der Waals surface area (Å²) in [6, 6.07) is 8.93. The van der Waals surface area contributed by atoms with Crippen LogP contribution in [-0.2, 0) is 0 Å². The highest BCUT2D eigenvalue weighted by Crippen LogP contribution is 2.16. The Morgan fingerprint density at radius 2 is 2.12 bits per heavy atom. The zero-order valence-electron chi connectivity index (χ0n) is 8.25. The number of anilines is 1. The van der Waals surface area contributed by atoms with Crippen LogP contribution in [0.4, 0.5) is 5.69 Å². The molecule has 76 valence electrons. The van der Waals surface area contributed by atoms with Crippen LogP contribution in [0.5, 0.6) is 0 Å². The van der Waals surface area contributed by atoms with Crippen molar-refractivity contribution in [1.29, 1.82) is 10.5 Å². The topological polar surface area (TPSA) is 91.4 Å². The number of nitriles is 2. The Labute approximate surface area is 92.0 Å². The average Bonchev–Trinajstić information content (AvgIpc) is 2.76. The summed E-state index contributed by atoms with van der Waals surface area (Å²) in [5, 5.41) is 17.8. The predicted molar refractivity (Wildman–Crippen MR) is 57.4 cm³/mol. The smallest absolute Gasteiger partial charge is 0.155 e. The normalized spacial score (nSPS) is 9.38. The van der Waals surface area contributed by atoms with Crippen LogP contribution in [0.15, 0.2) is 30.6 Å². The zero-order chi connectivity index (χ0) is 11.5. The molecule has 2 heterocycles. The van der Waals surface area contributed by atoms with Crippen LogP contribution in [0.1, 0.15) is 11.3 Å². The highest BCUT2D eigenvalue weighted by Gasteiger charge is 2.09. The van der Waals surface area contributed by atoms with E-state index in [1.807, 2.05) is 12.1 Å². The first-order chi connectivity index (χ1) is 7.76. The molecule has 0 spiro atoms. The van der Waals surface area contributed by atoms with E-state index in [9.17, 15) is 0 Å². The summed E-state index contributed by atoms with van der Waals surface area (Å²) in [6.45, 7) is 0. The molecule has 0 aliphatic heterocycles. The first-order valence-electron chi connectivity index (χ1n) is 4.49. The number of hydrogen-bond donors (Lipinski definition) is 1. The van der Waals surface area contributed by atoms with Gasteiger partial charge in [0.15, 0.2) is 5.82 Å². The molecule has 0 fully saturated rings. The van der Waals surface area contributed by atoms with E-state index in [0.717, 1.165) is 0 Å². The molecule has 2 rings (SSSR count). The largest absolute Gasteiger partial charge is 0.397 e. The second kappa shape index (κ2) is 3.76. The number of pyridine rings is 1. The van der Waals surface area contributed by atoms with Gasteiger partial charge in [0.2, 0.25) is 0 Å². The van der Waals surface area contributed by atoms with Crippen molar-refractivity contribution in [2.24, 2.45) is 0 Å². The Bertz CT molecular complexity index is 612. The first-order valence-corrected chi connectivity index (χ1v) is 4.49. The fourth-order valence-corrected chi connectivity index (χ4v) is 1.40. The number of nitrogens with zero attached hydrogens (tertiary/aromatic N) is 4. The Hall–Kier alpha value is -2.79. The van der Waals surface area contributed by atoms with Crippen LogP contribution in [0.25, 0.3) is 5.82 Å². The fraction of sp³-hybridized carbons (Fsp3) is 0. The van der Waals surface area contributed by atoms with Crippen LogP contribution in [0.3, 0.4) is 0 Å². The number of nitrogen functional groups attached to an aromatic ring is 1. The Morgan fingerprint density at radius 1 is 1.31 bits per heavy atom. The molecule has 2 aromatic heterocycles. The van der Waals surface area contributed by atoms with Crippen molar-refractivity contribution in [1.82, 2.24) is 9.55 Å². The number of aromatic nitrogens is 2. The van der Waals surface area contributed by atoms with E-state index in [4.69, 9.17) is 16.3 Å². The third kappa shape index (κ3) is 1.47. The maximum atomic E-state index is 8.96. The molecule has 0 aromatic carbocycles. The Balaban J connectivity index is 2.67. The van der Waals surface area contributed by atoms with Gasteiger partial charge >= 0.3 is 0 Å². The molecule has 0 aliphatic rings. The summed E-state index contributed by atoms with van der Waals surface area (Å²) in [5.41, 5.74) is 6.73. The van der Waals surface area contributed by atoms with Gasteiger partial charge in [0.05, 0.1) is 17.4 Å². The van der Waals surface area contributed by atoms with Gasteiger partial charge in [-0.2, -0.15) is 10.5 Å². The first kappa shape index (κ1) is 9.75. The molecule has 0 unspecified atom stereocenters. The zero-order valence-corrected chi connectivity index (χ0v) is 8.25. The molecule has 16 heavy (non-hydrogen) atoms. The summed E-state index contributed by atoms with van der Waals surface area (Å²) in [6.07, 6.45) is 3.13. The van der Waals surface area contributed by atoms with Crippen molar-refractivity contribution >= 4 is 5.69 Å². The summed E-state index contributed by atoms with van der Waals surface area (Å²) in [5.74, 6) is 0.415. The lowest BCUT2D eigenvalue weighted by Gasteiger charge is -2.05. The quantitative estimate of drug-likeness (QED) is 0.763. The summed E-state index contributed by atoms with van der Waals surface area (Å²) >= 11 is 0. The van der Waals surface area contributed by atoms with Gasteiger partial charge in [0.25, 0.3) is 0 Å². The molecule has 0 saturated carbocycles. The van der Waals surface area contributed by atoms with Crippen LogP contribution in [0.2, 0.25) is 0 Å². The standard InChI is InChI=1S/C11H7N5/c12-5-8-4-9(14)7-15-11(8)16-3-1-2-10(16)6-13/h1-4,7H,14H2. The molecule has 2 aromatic rings. The Kier molecular flexibility index (Phi) is 2.29. The predicted octanol–water partition coefficient (Wildman–Crippen LogP) is 1.20. The minimum Gasteiger partial charge on any atom is -0.397 e. The minimum atomic E-state index is 0.340. The van der Waals surface area contributed by atoms with E-state index in [2.05, 4.69) is 4.98 Å². The van der Waals surface area contributed by atoms with Crippen LogP contribution < -0.4 is 5.73 Å². The summed E-state index contributed by atoms with van der Waals surface area (Å²) in [4.78, 5) is 4.06. The molecule has 0 amide bonds. The molecule has 0 bridgehead atoms. The van der Waals surface area contributed by atoms with Crippen molar-refractivity contribution < 1.29 is 0 Å². The molecule has 2 N–H and O–H groups in total. The summed E-state index contributed by atoms with van der Waals surface area (Å²) < 4.78 is 1.55. The SMILES string of the molecule is N#Cc1cc(N)cnc1-n1cccc1C#N. The van der Waals surface area contributed by atoms with Gasteiger partial charge in [-0.05, 0) is 18.2 Å². The van der Waals surface area contributed by atoms with Gasteiger partial charge in [-0.3, -0.25) is 4.57 Å². The molecular formula is C11H7N5. The Morgan fingerprint density at radius 3 is 2.81 bits per heavy atom. The molecular weight excluding hydrogens is 202 g/mol. The van der Waals surface area contributed by atoms with Crippen LogP contribution in [-0.4, -0.2) is 9.55 Å². The van der Waals surface area contributed by atoms with Crippen LogP contribution in [0, 0.1) is 22.7 Å². The van der Waals surface area contributed by atoms with E-state index in [-0.39, 0.29) is 0 Å². The van der Waals surface area contributed by atoms with Crippen molar-refractivity contribution in [2.75, 3.05) is 5.73 Å². The molecule has 0 atom stereocenters. The maximum Gasteiger partial charge on any atom is 0.155 e.